The van der Waals surface area contributed by atoms with E-state index in [0.29, 0.717) is 33.3 Å². The highest BCUT2D eigenvalue weighted by Crippen LogP contribution is 2.39. The lowest BCUT2D eigenvalue weighted by atomic mass is 10.0. The van der Waals surface area contributed by atoms with Gasteiger partial charge in [0.1, 0.15) is 16.3 Å². The van der Waals surface area contributed by atoms with Crippen LogP contribution in [-0.4, -0.2) is 25.1 Å². The zero-order valence-electron chi connectivity index (χ0n) is 19.1. The van der Waals surface area contributed by atoms with Crippen LogP contribution in [0.5, 0.6) is 5.75 Å². The normalized spacial score (nSPS) is 10.6. The van der Waals surface area contributed by atoms with E-state index in [0.717, 1.165) is 11.1 Å². The van der Waals surface area contributed by atoms with Crippen LogP contribution in [0.25, 0.3) is 11.1 Å². The zero-order valence-corrected chi connectivity index (χ0v) is 20.7. The second-order valence-electron chi connectivity index (χ2n) is 7.66. The van der Waals surface area contributed by atoms with Gasteiger partial charge in [-0.15, -0.1) is 11.3 Å². The SMILES string of the molecule is CCOC(=O)c1c(-c2ccccc2Cl)csc1NC(=O)COc1ccccc1Cc1ccccc1. The Morgan fingerprint density at radius 2 is 1.63 bits per heavy atom. The van der Waals surface area contributed by atoms with Crippen LogP contribution in [-0.2, 0) is 16.0 Å². The van der Waals surface area contributed by atoms with Crippen molar-refractivity contribution in [2.45, 2.75) is 13.3 Å². The van der Waals surface area contributed by atoms with E-state index < -0.39 is 5.97 Å². The molecule has 0 saturated carbocycles. The van der Waals surface area contributed by atoms with Gasteiger partial charge in [-0.25, -0.2) is 4.79 Å². The monoisotopic (exact) mass is 505 g/mol. The number of anilines is 1. The molecule has 7 heteroatoms. The molecule has 0 unspecified atom stereocenters. The van der Waals surface area contributed by atoms with Crippen molar-refractivity contribution in [3.05, 3.63) is 106 Å². The van der Waals surface area contributed by atoms with Crippen LogP contribution in [0.3, 0.4) is 0 Å². The standard InChI is InChI=1S/C28H24ClNO4S/c1-2-33-28(32)26-22(21-13-7-8-14-23(21)29)18-35-27(26)30-25(31)17-34-24-15-9-6-12-20(24)16-19-10-4-3-5-11-19/h3-15,18H,2,16-17H2,1H3,(H,30,31). The van der Waals surface area contributed by atoms with Crippen LogP contribution < -0.4 is 10.1 Å². The molecular formula is C28H24ClNO4S. The Bertz CT molecular complexity index is 1320. The maximum Gasteiger partial charge on any atom is 0.341 e. The van der Waals surface area contributed by atoms with E-state index in [1.807, 2.05) is 72.8 Å². The van der Waals surface area contributed by atoms with E-state index in [1.165, 1.54) is 11.3 Å². The molecule has 3 aromatic carbocycles. The molecule has 0 aliphatic rings. The molecule has 1 amide bonds. The van der Waals surface area contributed by atoms with Gasteiger partial charge in [-0.3, -0.25) is 4.79 Å². The first-order valence-corrected chi connectivity index (χ1v) is 12.4. The lowest BCUT2D eigenvalue weighted by Crippen LogP contribution is -2.21. The highest BCUT2D eigenvalue weighted by atomic mass is 35.5. The number of carbonyl (C=O) groups excluding carboxylic acids is 2. The highest BCUT2D eigenvalue weighted by molar-refractivity contribution is 7.15. The molecule has 5 nitrogen and oxygen atoms in total. The molecule has 0 spiro atoms. The Balaban J connectivity index is 1.50. The fourth-order valence-corrected chi connectivity index (χ4v) is 4.85. The number of halogens is 1. The number of ether oxygens (including phenoxy) is 2. The number of thiophene rings is 1. The van der Waals surface area contributed by atoms with E-state index in [9.17, 15) is 9.59 Å². The molecule has 1 aromatic heterocycles. The molecule has 1 heterocycles. The summed E-state index contributed by atoms with van der Waals surface area (Å²) in [5.74, 6) is -0.259. The number of carbonyl (C=O) groups is 2. The van der Waals surface area contributed by atoms with E-state index in [-0.39, 0.29) is 24.7 Å². The summed E-state index contributed by atoms with van der Waals surface area (Å²) in [5, 5.41) is 5.50. The Labute approximate surface area is 213 Å². The van der Waals surface area contributed by atoms with E-state index >= 15 is 0 Å². The first-order chi connectivity index (χ1) is 17.1. The van der Waals surface area contributed by atoms with Crippen molar-refractivity contribution >= 4 is 39.8 Å². The van der Waals surface area contributed by atoms with Crippen molar-refractivity contribution in [1.82, 2.24) is 0 Å². The van der Waals surface area contributed by atoms with Crippen molar-refractivity contribution < 1.29 is 19.1 Å². The molecule has 0 radical (unpaired) electrons. The van der Waals surface area contributed by atoms with Gasteiger partial charge in [0, 0.05) is 28.0 Å². The fourth-order valence-electron chi connectivity index (χ4n) is 3.65. The first-order valence-electron chi connectivity index (χ1n) is 11.1. The van der Waals surface area contributed by atoms with Gasteiger partial charge in [0.15, 0.2) is 6.61 Å². The summed E-state index contributed by atoms with van der Waals surface area (Å²) < 4.78 is 11.1. The maximum absolute atomic E-state index is 12.8. The number of para-hydroxylation sites is 1. The van der Waals surface area contributed by atoms with Gasteiger partial charge >= 0.3 is 5.97 Å². The van der Waals surface area contributed by atoms with Gasteiger partial charge < -0.3 is 14.8 Å². The lowest BCUT2D eigenvalue weighted by Gasteiger charge is -2.12. The number of hydrogen-bond donors (Lipinski definition) is 1. The van der Waals surface area contributed by atoms with Crippen molar-refractivity contribution in [2.24, 2.45) is 0 Å². The van der Waals surface area contributed by atoms with E-state index in [4.69, 9.17) is 21.1 Å². The Morgan fingerprint density at radius 1 is 0.914 bits per heavy atom. The molecule has 1 N–H and O–H groups in total. The summed E-state index contributed by atoms with van der Waals surface area (Å²) in [6.45, 7) is 1.75. The van der Waals surface area contributed by atoms with Crippen LogP contribution in [0.2, 0.25) is 5.02 Å². The quantitative estimate of drug-likeness (QED) is 0.252. The number of rotatable bonds is 9. The summed E-state index contributed by atoms with van der Waals surface area (Å²) in [6, 6.07) is 24.9. The van der Waals surface area contributed by atoms with Crippen molar-refractivity contribution in [3.8, 4) is 16.9 Å². The Hall–Kier alpha value is -3.61. The summed E-state index contributed by atoms with van der Waals surface area (Å²) in [6.07, 6.45) is 0.692. The van der Waals surface area contributed by atoms with E-state index in [2.05, 4.69) is 5.32 Å². The third-order valence-electron chi connectivity index (χ3n) is 5.26. The van der Waals surface area contributed by atoms with Crippen LogP contribution in [0.1, 0.15) is 28.4 Å². The average Bonchev–Trinajstić information content (AvgIpc) is 3.28. The van der Waals surface area contributed by atoms with Crippen LogP contribution >= 0.6 is 22.9 Å². The highest BCUT2D eigenvalue weighted by Gasteiger charge is 2.24. The molecule has 0 atom stereocenters. The second kappa shape index (κ2) is 11.7. The third-order valence-corrected chi connectivity index (χ3v) is 6.48. The predicted octanol–water partition coefficient (Wildman–Crippen LogP) is 6.85. The van der Waals surface area contributed by atoms with Gasteiger partial charge in [0.05, 0.1) is 6.61 Å². The van der Waals surface area contributed by atoms with Gasteiger partial charge in [0.2, 0.25) is 0 Å². The molecule has 0 aliphatic carbocycles. The smallest absolute Gasteiger partial charge is 0.341 e. The Morgan fingerprint density at radius 3 is 2.40 bits per heavy atom. The molecule has 0 aliphatic heterocycles. The maximum atomic E-state index is 12.8. The topological polar surface area (TPSA) is 64.6 Å². The molecule has 0 fully saturated rings. The minimum Gasteiger partial charge on any atom is -0.483 e. The van der Waals surface area contributed by atoms with Crippen LogP contribution in [0.4, 0.5) is 5.00 Å². The molecular weight excluding hydrogens is 482 g/mol. The summed E-state index contributed by atoms with van der Waals surface area (Å²) >= 11 is 7.60. The summed E-state index contributed by atoms with van der Waals surface area (Å²) in [4.78, 5) is 25.6. The molecule has 0 saturated heterocycles. The van der Waals surface area contributed by atoms with Crippen LogP contribution in [0, 0.1) is 0 Å². The number of esters is 1. The third kappa shape index (κ3) is 6.10. The number of hydrogen-bond acceptors (Lipinski definition) is 5. The first kappa shape index (κ1) is 24.5. The number of amides is 1. The summed E-state index contributed by atoms with van der Waals surface area (Å²) in [5.41, 5.74) is 3.72. The average molecular weight is 506 g/mol. The number of benzene rings is 3. The fraction of sp³-hybridized carbons (Fsp3) is 0.143. The van der Waals surface area contributed by atoms with Gasteiger partial charge in [0.25, 0.3) is 5.91 Å². The minimum absolute atomic E-state index is 0.201. The summed E-state index contributed by atoms with van der Waals surface area (Å²) in [7, 11) is 0. The van der Waals surface area contributed by atoms with Crippen molar-refractivity contribution in [1.29, 1.82) is 0 Å². The molecule has 35 heavy (non-hydrogen) atoms. The van der Waals surface area contributed by atoms with Crippen molar-refractivity contribution in [3.63, 3.8) is 0 Å². The molecule has 4 rings (SSSR count). The van der Waals surface area contributed by atoms with Gasteiger partial charge in [-0.1, -0.05) is 78.3 Å². The molecule has 4 aromatic rings. The van der Waals surface area contributed by atoms with Gasteiger partial charge in [-0.05, 0) is 30.2 Å². The van der Waals surface area contributed by atoms with Crippen molar-refractivity contribution in [2.75, 3.05) is 18.5 Å². The van der Waals surface area contributed by atoms with E-state index in [1.54, 1.807) is 18.4 Å². The number of nitrogens with one attached hydrogen (secondary N) is 1. The van der Waals surface area contributed by atoms with Gasteiger partial charge in [-0.2, -0.15) is 0 Å². The molecule has 0 bridgehead atoms. The largest absolute Gasteiger partial charge is 0.483 e. The molecule has 178 valence electrons. The van der Waals surface area contributed by atoms with Crippen LogP contribution in [0.15, 0.2) is 84.2 Å². The lowest BCUT2D eigenvalue weighted by molar-refractivity contribution is -0.118. The second-order valence-corrected chi connectivity index (χ2v) is 8.95. The Kier molecular flexibility index (Phi) is 8.19. The zero-order chi connectivity index (χ0) is 24.6. The minimum atomic E-state index is -0.520. The predicted molar refractivity (Wildman–Crippen MR) is 141 cm³/mol.